The van der Waals surface area contributed by atoms with Crippen molar-refractivity contribution >= 4 is 17.9 Å². The lowest BCUT2D eigenvalue weighted by Crippen LogP contribution is -2.32. The van der Waals surface area contributed by atoms with Crippen molar-refractivity contribution in [2.24, 2.45) is 0 Å². The number of hydrogen-bond acceptors (Lipinski definition) is 7. The van der Waals surface area contributed by atoms with Gasteiger partial charge in [-0.1, -0.05) is 12.1 Å². The third-order valence-electron chi connectivity index (χ3n) is 5.82. The molecule has 0 spiro atoms. The van der Waals surface area contributed by atoms with E-state index >= 15 is 0 Å². The highest BCUT2D eigenvalue weighted by Crippen LogP contribution is 2.29. The largest absolute Gasteiger partial charge is 0.493 e. The van der Waals surface area contributed by atoms with Crippen LogP contribution in [-0.2, 0) is 16.0 Å². The molecule has 0 saturated carbocycles. The monoisotopic (exact) mass is 493 g/mol. The van der Waals surface area contributed by atoms with Gasteiger partial charge in [0.1, 0.15) is 11.6 Å². The number of nitrogens with zero attached hydrogens (tertiary/aromatic N) is 2. The molecule has 36 heavy (non-hydrogen) atoms. The van der Waals surface area contributed by atoms with Gasteiger partial charge in [-0.3, -0.25) is 9.59 Å². The van der Waals surface area contributed by atoms with Gasteiger partial charge < -0.3 is 29.2 Å². The van der Waals surface area contributed by atoms with E-state index in [-0.39, 0.29) is 18.1 Å². The van der Waals surface area contributed by atoms with E-state index in [1.165, 1.54) is 13.2 Å². The predicted molar refractivity (Wildman–Crippen MR) is 134 cm³/mol. The van der Waals surface area contributed by atoms with E-state index in [0.717, 1.165) is 31.5 Å². The second-order valence-electron chi connectivity index (χ2n) is 8.15. The Morgan fingerprint density at radius 1 is 0.972 bits per heavy atom. The van der Waals surface area contributed by atoms with Crippen LogP contribution < -0.4 is 24.3 Å². The van der Waals surface area contributed by atoms with Gasteiger partial charge in [0.15, 0.2) is 29.6 Å². The molecule has 1 aliphatic rings. The molecular weight excluding hydrogens is 462 g/mol. The highest BCUT2D eigenvalue weighted by Gasteiger charge is 2.19. The average Bonchev–Trinajstić information content (AvgIpc) is 3.45. The predicted octanol–water partition coefficient (Wildman–Crippen LogP) is 2.98. The van der Waals surface area contributed by atoms with E-state index in [2.05, 4.69) is 5.32 Å². The van der Waals surface area contributed by atoms with Gasteiger partial charge in [-0.15, -0.1) is 0 Å². The summed E-state index contributed by atoms with van der Waals surface area (Å²) in [7, 11) is 4.62. The van der Waals surface area contributed by atoms with Crippen molar-refractivity contribution in [1.29, 1.82) is 5.26 Å². The second kappa shape index (κ2) is 13.0. The fraction of sp³-hybridized carbons (Fsp3) is 0.370. The van der Waals surface area contributed by atoms with Crippen molar-refractivity contribution in [2.75, 3.05) is 47.6 Å². The highest BCUT2D eigenvalue weighted by atomic mass is 16.5. The molecule has 0 radical (unpaired) electrons. The minimum absolute atomic E-state index is 0.0396. The van der Waals surface area contributed by atoms with Gasteiger partial charge in [0.25, 0.3) is 11.8 Å². The molecule has 9 heteroatoms. The molecule has 1 heterocycles. The lowest BCUT2D eigenvalue weighted by atomic mass is 10.1. The summed E-state index contributed by atoms with van der Waals surface area (Å²) in [4.78, 5) is 26.6. The third kappa shape index (κ3) is 6.92. The maximum absolute atomic E-state index is 12.6. The lowest BCUT2D eigenvalue weighted by molar-refractivity contribution is -0.132. The Labute approximate surface area is 211 Å². The maximum Gasteiger partial charge on any atom is 0.261 e. The van der Waals surface area contributed by atoms with Gasteiger partial charge in [-0.05, 0) is 60.7 Å². The van der Waals surface area contributed by atoms with E-state index in [0.29, 0.717) is 41.5 Å². The topological polar surface area (TPSA) is 110 Å². The quantitative estimate of drug-likeness (QED) is 0.379. The third-order valence-corrected chi connectivity index (χ3v) is 5.82. The molecule has 0 aliphatic carbocycles. The normalized spacial score (nSPS) is 13.1. The van der Waals surface area contributed by atoms with Crippen molar-refractivity contribution in [1.82, 2.24) is 10.2 Å². The molecule has 1 fully saturated rings. The van der Waals surface area contributed by atoms with E-state index in [9.17, 15) is 14.9 Å². The van der Waals surface area contributed by atoms with Gasteiger partial charge in [0.2, 0.25) is 0 Å². The van der Waals surface area contributed by atoms with Crippen molar-refractivity contribution in [3.8, 4) is 29.1 Å². The summed E-state index contributed by atoms with van der Waals surface area (Å²) >= 11 is 0. The van der Waals surface area contributed by atoms with Crippen molar-refractivity contribution in [2.45, 2.75) is 19.3 Å². The zero-order valence-electron chi connectivity index (χ0n) is 20.8. The molecule has 1 saturated heterocycles. The van der Waals surface area contributed by atoms with E-state index in [4.69, 9.17) is 18.9 Å². The summed E-state index contributed by atoms with van der Waals surface area (Å²) in [5.41, 5.74) is 1.51. The number of hydrogen-bond donors (Lipinski definition) is 1. The fourth-order valence-corrected chi connectivity index (χ4v) is 3.86. The summed E-state index contributed by atoms with van der Waals surface area (Å²) < 4.78 is 21.6. The number of rotatable bonds is 11. The minimum Gasteiger partial charge on any atom is -0.493 e. The summed E-state index contributed by atoms with van der Waals surface area (Å²) in [6, 6.07) is 12.5. The number of carbonyl (C=O) groups excluding carboxylic acids is 2. The Balaban J connectivity index is 1.59. The van der Waals surface area contributed by atoms with Crippen LogP contribution in [0.5, 0.6) is 23.0 Å². The molecule has 1 aliphatic heterocycles. The maximum atomic E-state index is 12.6. The Hall–Kier alpha value is -4.19. The van der Waals surface area contributed by atoms with Gasteiger partial charge in [0, 0.05) is 19.6 Å². The van der Waals surface area contributed by atoms with Crippen LogP contribution in [0.15, 0.2) is 42.0 Å². The van der Waals surface area contributed by atoms with E-state index in [1.807, 2.05) is 18.2 Å². The number of likely N-dealkylation sites (tertiary alicyclic amines) is 1. The number of ether oxygens (including phenoxy) is 4. The van der Waals surface area contributed by atoms with Crippen LogP contribution in [0.1, 0.15) is 24.0 Å². The lowest BCUT2D eigenvalue weighted by Gasteiger charge is -2.16. The van der Waals surface area contributed by atoms with Gasteiger partial charge in [-0.25, -0.2) is 0 Å². The average molecular weight is 494 g/mol. The molecular formula is C27H31N3O6. The number of nitrogens with one attached hydrogen (secondary N) is 1. The first kappa shape index (κ1) is 26.4. The molecule has 1 N–H and O–H groups in total. The van der Waals surface area contributed by atoms with Crippen LogP contribution in [0, 0.1) is 11.3 Å². The Morgan fingerprint density at radius 3 is 2.31 bits per heavy atom. The standard InChI is InChI=1S/C27H31N3O6/c1-33-22-8-6-19(15-24(22)34-2)10-11-29-27(32)21(17-28)14-20-7-9-23(25(16-20)35-3)36-18-26(31)30-12-4-5-13-30/h6-9,14-16H,4-5,10-13,18H2,1-3H3,(H,29,32)/b21-14+. The summed E-state index contributed by atoms with van der Waals surface area (Å²) in [6.07, 6.45) is 4.07. The van der Waals surface area contributed by atoms with Crippen molar-refractivity contribution in [3.05, 3.63) is 53.1 Å². The van der Waals surface area contributed by atoms with Crippen LogP contribution in [0.25, 0.3) is 6.08 Å². The first-order valence-corrected chi connectivity index (χ1v) is 11.7. The Kier molecular flexibility index (Phi) is 9.57. The van der Waals surface area contributed by atoms with Gasteiger partial charge in [-0.2, -0.15) is 5.26 Å². The molecule has 9 nitrogen and oxygen atoms in total. The van der Waals surface area contributed by atoms with Gasteiger partial charge in [0.05, 0.1) is 21.3 Å². The Morgan fingerprint density at radius 2 is 1.64 bits per heavy atom. The number of benzene rings is 2. The summed E-state index contributed by atoms with van der Waals surface area (Å²) in [6.45, 7) is 1.79. The molecule has 3 rings (SSSR count). The Bertz CT molecular complexity index is 1150. The van der Waals surface area contributed by atoms with Crippen molar-refractivity contribution in [3.63, 3.8) is 0 Å². The van der Waals surface area contributed by atoms with E-state index in [1.54, 1.807) is 43.4 Å². The van der Waals surface area contributed by atoms with Crippen molar-refractivity contribution < 1.29 is 28.5 Å². The SMILES string of the molecule is COc1ccc(CCNC(=O)/C(C#N)=C/c2ccc(OCC(=O)N3CCCC3)c(OC)c2)cc1OC. The zero-order valence-corrected chi connectivity index (χ0v) is 20.8. The molecule has 2 amide bonds. The van der Waals surface area contributed by atoms with Crippen LogP contribution in [0.3, 0.4) is 0 Å². The van der Waals surface area contributed by atoms with Gasteiger partial charge >= 0.3 is 0 Å². The van der Waals surface area contributed by atoms with Crippen LogP contribution in [-0.4, -0.2) is 64.3 Å². The summed E-state index contributed by atoms with van der Waals surface area (Å²) in [5, 5.41) is 12.3. The molecule has 190 valence electrons. The smallest absolute Gasteiger partial charge is 0.261 e. The molecule has 0 aromatic heterocycles. The van der Waals surface area contributed by atoms with Crippen LogP contribution >= 0.6 is 0 Å². The molecule has 0 bridgehead atoms. The molecule has 0 unspecified atom stereocenters. The highest BCUT2D eigenvalue weighted by molar-refractivity contribution is 6.01. The minimum atomic E-state index is -0.478. The zero-order chi connectivity index (χ0) is 25.9. The number of methoxy groups -OCH3 is 3. The number of nitriles is 1. The first-order valence-electron chi connectivity index (χ1n) is 11.7. The molecule has 2 aromatic rings. The number of amides is 2. The first-order chi connectivity index (χ1) is 17.5. The van der Waals surface area contributed by atoms with E-state index < -0.39 is 5.91 Å². The van der Waals surface area contributed by atoms with Crippen LogP contribution in [0.2, 0.25) is 0 Å². The van der Waals surface area contributed by atoms with Crippen LogP contribution in [0.4, 0.5) is 0 Å². The fourth-order valence-electron chi connectivity index (χ4n) is 3.86. The summed E-state index contributed by atoms with van der Waals surface area (Å²) in [5.74, 6) is 1.53. The molecule has 0 atom stereocenters. The number of carbonyl (C=O) groups is 2. The molecule has 2 aromatic carbocycles. The second-order valence-corrected chi connectivity index (χ2v) is 8.15.